The Kier molecular flexibility index (Phi) is 4.77. The molecule has 0 aromatic rings. The van der Waals surface area contributed by atoms with Crippen molar-refractivity contribution in [2.45, 2.75) is 32.3 Å². The van der Waals surface area contributed by atoms with Gasteiger partial charge in [0.1, 0.15) is 0 Å². The molecule has 0 amide bonds. The highest BCUT2D eigenvalue weighted by Gasteiger charge is 2.42. The topological polar surface area (TPSA) is 82.1 Å². The largest absolute Gasteiger partial charge is 0.537 e. The van der Waals surface area contributed by atoms with E-state index in [1.165, 1.54) is 6.08 Å². The minimum atomic E-state index is -3.98. The van der Waals surface area contributed by atoms with Crippen LogP contribution >= 0.6 is 15.4 Å². The molecule has 1 N–H and O–H groups in total. The van der Waals surface area contributed by atoms with E-state index >= 15 is 0 Å². The van der Waals surface area contributed by atoms with Crippen molar-refractivity contribution < 1.29 is 27.4 Å². The Labute approximate surface area is 94.7 Å². The lowest BCUT2D eigenvalue weighted by atomic mass is 10.3. The molecule has 0 radical (unpaired) electrons. The number of rotatable bonds is 5. The van der Waals surface area contributed by atoms with Crippen LogP contribution in [0.5, 0.6) is 0 Å². The summed E-state index contributed by atoms with van der Waals surface area (Å²) < 4.78 is 37.6. The lowest BCUT2D eigenvalue weighted by Crippen LogP contribution is -2.09. The third-order valence-electron chi connectivity index (χ3n) is 2.24. The predicted molar refractivity (Wildman–Crippen MR) is 59.1 cm³/mol. The molecule has 0 aliphatic carbocycles. The number of phosphoric ester groups is 1. The predicted octanol–water partition coefficient (Wildman–Crippen LogP) is 3.05. The fourth-order valence-electron chi connectivity index (χ4n) is 1.32. The molecular weight excluding hydrogens is 254 g/mol. The maximum Gasteiger partial charge on any atom is 0.537 e. The third kappa shape index (κ3) is 3.44. The highest BCUT2D eigenvalue weighted by Crippen LogP contribution is 2.66. The zero-order valence-corrected chi connectivity index (χ0v) is 11.0. The van der Waals surface area contributed by atoms with Gasteiger partial charge in [-0.1, -0.05) is 13.8 Å². The summed E-state index contributed by atoms with van der Waals surface area (Å²) in [7, 11) is -7.90. The van der Waals surface area contributed by atoms with Crippen molar-refractivity contribution in [3.05, 3.63) is 12.3 Å². The highest BCUT2D eigenvalue weighted by atomic mass is 31.3. The van der Waals surface area contributed by atoms with Crippen LogP contribution in [0.1, 0.15) is 26.7 Å². The maximum absolute atomic E-state index is 11.8. The normalized spacial score (nSPS) is 28.8. The van der Waals surface area contributed by atoms with Gasteiger partial charge in [0, 0.05) is 0 Å². The highest BCUT2D eigenvalue weighted by molar-refractivity contribution is 7.64. The minimum absolute atomic E-state index is 0.0419. The number of phosphoric acid groups is 1. The van der Waals surface area contributed by atoms with Gasteiger partial charge in [-0.15, -0.1) is 0 Å². The van der Waals surface area contributed by atoms with Gasteiger partial charge in [-0.3, -0.25) is 9.09 Å². The summed E-state index contributed by atoms with van der Waals surface area (Å²) in [6.07, 6.45) is 3.55. The average molecular weight is 270 g/mol. The second-order valence-electron chi connectivity index (χ2n) is 3.34. The monoisotopic (exact) mass is 270 g/mol. The Hall–Kier alpha value is -0.120. The molecule has 0 aromatic heterocycles. The van der Waals surface area contributed by atoms with Crippen molar-refractivity contribution in [3.63, 3.8) is 0 Å². The molecule has 0 aromatic carbocycles. The zero-order chi connectivity index (χ0) is 12.2. The molecule has 1 heterocycles. The van der Waals surface area contributed by atoms with Gasteiger partial charge in [0.05, 0.1) is 18.5 Å². The van der Waals surface area contributed by atoms with E-state index in [2.05, 4.69) is 8.83 Å². The van der Waals surface area contributed by atoms with E-state index in [0.717, 1.165) is 6.26 Å². The third-order valence-corrected chi connectivity index (χ3v) is 6.47. The van der Waals surface area contributed by atoms with Crippen LogP contribution in [0, 0.1) is 0 Å². The molecule has 0 saturated carbocycles. The van der Waals surface area contributed by atoms with Crippen LogP contribution in [0.15, 0.2) is 12.3 Å². The number of hydrogen-bond donors (Lipinski definition) is 1. The summed E-state index contributed by atoms with van der Waals surface area (Å²) in [5.41, 5.74) is -0.559. The number of hydrogen-bond acceptors (Lipinski definition) is 5. The van der Waals surface area contributed by atoms with Crippen LogP contribution in [0.25, 0.3) is 0 Å². The first kappa shape index (κ1) is 13.9. The van der Waals surface area contributed by atoms with Crippen LogP contribution < -0.4 is 0 Å². The molecule has 6 nitrogen and oxygen atoms in total. The molecule has 1 rings (SSSR count). The molecule has 16 heavy (non-hydrogen) atoms. The van der Waals surface area contributed by atoms with E-state index in [1.54, 1.807) is 13.8 Å². The molecule has 0 saturated heterocycles. The molecule has 0 bridgehead atoms. The molecule has 2 unspecified atom stereocenters. The van der Waals surface area contributed by atoms with Gasteiger partial charge in [-0.25, -0.2) is 4.57 Å². The zero-order valence-electron chi connectivity index (χ0n) is 9.24. The smallest absolute Gasteiger partial charge is 0.412 e. The summed E-state index contributed by atoms with van der Waals surface area (Å²) in [5, 5.41) is 0. The Bertz CT molecular complexity index is 348. The van der Waals surface area contributed by atoms with Gasteiger partial charge < -0.3 is 9.42 Å². The van der Waals surface area contributed by atoms with E-state index in [0.29, 0.717) is 12.8 Å². The quantitative estimate of drug-likeness (QED) is 0.773. The van der Waals surface area contributed by atoms with Crippen molar-refractivity contribution in [1.29, 1.82) is 0 Å². The van der Waals surface area contributed by atoms with Crippen molar-refractivity contribution in [1.82, 2.24) is 0 Å². The van der Waals surface area contributed by atoms with Crippen LogP contribution in [0.4, 0.5) is 0 Å². The van der Waals surface area contributed by atoms with E-state index in [4.69, 9.17) is 4.52 Å². The van der Waals surface area contributed by atoms with Crippen LogP contribution in [0.3, 0.4) is 0 Å². The van der Waals surface area contributed by atoms with Gasteiger partial charge >= 0.3 is 15.4 Å². The fraction of sp³-hybridized carbons (Fsp3) is 0.750. The lowest BCUT2D eigenvalue weighted by molar-refractivity contribution is 0.186. The van der Waals surface area contributed by atoms with Gasteiger partial charge in [0.25, 0.3) is 0 Å². The Balaban J connectivity index is 2.75. The Morgan fingerprint density at radius 1 is 1.56 bits per heavy atom. The standard InChI is InChI=1S/C8H16O6P2/c1-3-8(4-2)15(9,10)14-16(11)12-6-5-7-13-16/h5-6,8H,3-4,7H2,1-2H3,(H,9,10). The molecule has 2 atom stereocenters. The second kappa shape index (κ2) is 5.48. The molecular formula is C8H16O6P2. The summed E-state index contributed by atoms with van der Waals surface area (Å²) in [4.78, 5) is 9.67. The summed E-state index contributed by atoms with van der Waals surface area (Å²) in [5.74, 6) is 0. The van der Waals surface area contributed by atoms with Crippen LogP contribution in [0.2, 0.25) is 0 Å². The van der Waals surface area contributed by atoms with E-state index in [-0.39, 0.29) is 6.61 Å². The van der Waals surface area contributed by atoms with E-state index in [1.807, 2.05) is 0 Å². The SMILES string of the molecule is CCC(CC)P(=O)(O)OP1(=O)OC=CCO1. The fourth-order valence-corrected chi connectivity index (χ4v) is 4.83. The van der Waals surface area contributed by atoms with Gasteiger partial charge in [0.2, 0.25) is 0 Å². The van der Waals surface area contributed by atoms with Crippen molar-refractivity contribution >= 4 is 15.4 Å². The first-order chi connectivity index (χ1) is 7.43. The summed E-state index contributed by atoms with van der Waals surface area (Å²) in [6, 6.07) is 0. The Morgan fingerprint density at radius 2 is 2.19 bits per heavy atom. The van der Waals surface area contributed by atoms with Crippen molar-refractivity contribution in [3.8, 4) is 0 Å². The summed E-state index contributed by atoms with van der Waals surface area (Å²) in [6.45, 7) is 3.57. The molecule has 0 fully saturated rings. The second-order valence-corrected chi connectivity index (χ2v) is 7.21. The molecule has 8 heteroatoms. The van der Waals surface area contributed by atoms with Crippen LogP contribution in [-0.2, 0) is 22.5 Å². The first-order valence-electron chi connectivity index (χ1n) is 5.05. The molecule has 0 spiro atoms. The maximum atomic E-state index is 11.8. The van der Waals surface area contributed by atoms with Crippen LogP contribution in [-0.4, -0.2) is 17.2 Å². The molecule has 1 aliphatic rings. The average Bonchev–Trinajstić information content (AvgIpc) is 2.18. The van der Waals surface area contributed by atoms with E-state index in [9.17, 15) is 14.0 Å². The molecule has 94 valence electrons. The molecule has 1 aliphatic heterocycles. The van der Waals surface area contributed by atoms with Gasteiger partial charge in [-0.2, -0.15) is 4.31 Å². The minimum Gasteiger partial charge on any atom is -0.412 e. The van der Waals surface area contributed by atoms with Gasteiger partial charge in [0.15, 0.2) is 0 Å². The Morgan fingerprint density at radius 3 is 2.62 bits per heavy atom. The van der Waals surface area contributed by atoms with Gasteiger partial charge in [-0.05, 0) is 18.9 Å². The van der Waals surface area contributed by atoms with Crippen molar-refractivity contribution in [2.75, 3.05) is 6.61 Å². The lowest BCUT2D eigenvalue weighted by Gasteiger charge is -2.24. The van der Waals surface area contributed by atoms with E-state index < -0.39 is 21.1 Å². The van der Waals surface area contributed by atoms with Crippen molar-refractivity contribution in [2.24, 2.45) is 0 Å². The first-order valence-corrected chi connectivity index (χ1v) is 8.16. The summed E-state index contributed by atoms with van der Waals surface area (Å²) >= 11 is 0.